The van der Waals surface area contributed by atoms with Crippen LogP contribution >= 0.6 is 11.6 Å². The van der Waals surface area contributed by atoms with E-state index >= 15 is 0 Å². The van der Waals surface area contributed by atoms with Crippen molar-refractivity contribution in [3.63, 3.8) is 0 Å². The Morgan fingerprint density at radius 3 is 2.65 bits per heavy atom. The average molecular weight is 333 g/mol. The van der Waals surface area contributed by atoms with Crippen LogP contribution in [0.3, 0.4) is 0 Å². The van der Waals surface area contributed by atoms with E-state index < -0.39 is 5.91 Å². The summed E-state index contributed by atoms with van der Waals surface area (Å²) in [7, 11) is 1.88. The SMILES string of the molecule is Cc1nn(C)c(Cl)c1[C@@H]1CCCN1Cc1ccc(C(N)=O)cc1. The highest BCUT2D eigenvalue weighted by atomic mass is 35.5. The van der Waals surface area contributed by atoms with E-state index in [1.807, 2.05) is 26.1 Å². The van der Waals surface area contributed by atoms with Crippen molar-refractivity contribution in [2.45, 2.75) is 32.4 Å². The fraction of sp³-hybridized carbons (Fsp3) is 0.412. The fourth-order valence-electron chi connectivity index (χ4n) is 3.38. The normalized spacial score (nSPS) is 18.5. The molecule has 1 aliphatic heterocycles. The molecule has 1 atom stereocenters. The van der Waals surface area contributed by atoms with Gasteiger partial charge in [0.05, 0.1) is 5.69 Å². The van der Waals surface area contributed by atoms with Gasteiger partial charge in [-0.25, -0.2) is 0 Å². The molecule has 1 fully saturated rings. The topological polar surface area (TPSA) is 64.2 Å². The smallest absolute Gasteiger partial charge is 0.248 e. The summed E-state index contributed by atoms with van der Waals surface area (Å²) < 4.78 is 1.74. The van der Waals surface area contributed by atoms with Crippen LogP contribution in [0.5, 0.6) is 0 Å². The highest BCUT2D eigenvalue weighted by molar-refractivity contribution is 6.30. The lowest BCUT2D eigenvalue weighted by molar-refractivity contribution is 0.100. The number of primary amides is 1. The maximum atomic E-state index is 11.2. The van der Waals surface area contributed by atoms with Gasteiger partial charge in [-0.15, -0.1) is 0 Å². The number of hydrogen-bond acceptors (Lipinski definition) is 3. The number of likely N-dealkylation sites (tertiary alicyclic amines) is 1. The van der Waals surface area contributed by atoms with Crippen LogP contribution in [0, 0.1) is 6.92 Å². The van der Waals surface area contributed by atoms with Crippen LogP contribution in [0.2, 0.25) is 5.15 Å². The summed E-state index contributed by atoms with van der Waals surface area (Å²) in [6.07, 6.45) is 2.24. The summed E-state index contributed by atoms with van der Waals surface area (Å²) in [6.45, 7) is 3.88. The molecule has 2 aromatic rings. The van der Waals surface area contributed by atoms with Gasteiger partial charge in [-0.05, 0) is 44.0 Å². The van der Waals surface area contributed by atoms with Gasteiger partial charge in [0.2, 0.25) is 5.91 Å². The number of aryl methyl sites for hydroxylation is 2. The molecule has 3 rings (SSSR count). The first-order chi connectivity index (χ1) is 11.0. The molecule has 0 unspecified atom stereocenters. The molecule has 0 radical (unpaired) electrons. The maximum absolute atomic E-state index is 11.2. The van der Waals surface area contributed by atoms with Crippen molar-refractivity contribution >= 4 is 17.5 Å². The number of benzene rings is 1. The molecule has 1 aromatic heterocycles. The van der Waals surface area contributed by atoms with Gasteiger partial charge >= 0.3 is 0 Å². The van der Waals surface area contributed by atoms with E-state index in [2.05, 4.69) is 10.00 Å². The molecule has 1 saturated heterocycles. The Bertz CT molecular complexity index is 723. The summed E-state index contributed by atoms with van der Waals surface area (Å²) in [6, 6.07) is 7.79. The van der Waals surface area contributed by atoms with Crippen molar-refractivity contribution in [1.29, 1.82) is 0 Å². The number of hydrogen-bond donors (Lipinski definition) is 1. The van der Waals surface area contributed by atoms with E-state index in [-0.39, 0.29) is 0 Å². The maximum Gasteiger partial charge on any atom is 0.248 e. The molecule has 0 aliphatic carbocycles. The minimum atomic E-state index is -0.395. The zero-order valence-electron chi connectivity index (χ0n) is 13.4. The molecule has 1 aromatic carbocycles. The molecule has 122 valence electrons. The summed E-state index contributed by atoms with van der Waals surface area (Å²) in [4.78, 5) is 13.6. The van der Waals surface area contributed by atoms with E-state index in [0.29, 0.717) is 11.6 Å². The summed E-state index contributed by atoms with van der Waals surface area (Å²) in [5, 5.41) is 5.16. The lowest BCUT2D eigenvalue weighted by Crippen LogP contribution is -2.23. The minimum absolute atomic E-state index is 0.298. The molecule has 2 heterocycles. The summed E-state index contributed by atoms with van der Waals surface area (Å²) in [5.74, 6) is -0.395. The van der Waals surface area contributed by atoms with E-state index in [4.69, 9.17) is 17.3 Å². The monoisotopic (exact) mass is 332 g/mol. The third kappa shape index (κ3) is 3.12. The highest BCUT2D eigenvalue weighted by Crippen LogP contribution is 2.38. The van der Waals surface area contributed by atoms with Gasteiger partial charge in [-0.3, -0.25) is 14.4 Å². The Labute approximate surface area is 141 Å². The summed E-state index contributed by atoms with van der Waals surface area (Å²) in [5.41, 5.74) is 9.13. The van der Waals surface area contributed by atoms with Crippen LogP contribution in [0.25, 0.3) is 0 Å². The average Bonchev–Trinajstić information content (AvgIpc) is 3.04. The van der Waals surface area contributed by atoms with Crippen LogP contribution in [-0.4, -0.2) is 27.1 Å². The van der Waals surface area contributed by atoms with Crippen LogP contribution in [0.4, 0.5) is 0 Å². The Morgan fingerprint density at radius 1 is 1.39 bits per heavy atom. The first kappa shape index (κ1) is 16.0. The first-order valence-corrected chi connectivity index (χ1v) is 8.17. The number of aromatic nitrogens is 2. The number of amides is 1. The van der Waals surface area contributed by atoms with E-state index in [1.54, 1.807) is 16.8 Å². The van der Waals surface area contributed by atoms with Gasteiger partial charge in [-0.1, -0.05) is 23.7 Å². The van der Waals surface area contributed by atoms with Crippen molar-refractivity contribution in [3.8, 4) is 0 Å². The third-order valence-corrected chi connectivity index (χ3v) is 4.97. The van der Waals surface area contributed by atoms with Gasteiger partial charge < -0.3 is 5.73 Å². The molecule has 2 N–H and O–H groups in total. The van der Waals surface area contributed by atoms with Crippen molar-refractivity contribution in [2.75, 3.05) is 6.54 Å². The third-order valence-electron chi connectivity index (χ3n) is 4.52. The van der Waals surface area contributed by atoms with Gasteiger partial charge in [0.1, 0.15) is 5.15 Å². The largest absolute Gasteiger partial charge is 0.366 e. The molecule has 0 saturated carbocycles. The predicted octanol–water partition coefficient (Wildman–Crippen LogP) is 2.82. The highest BCUT2D eigenvalue weighted by Gasteiger charge is 2.30. The van der Waals surface area contributed by atoms with Crippen LogP contribution in [0.1, 0.15) is 46.1 Å². The number of halogens is 1. The van der Waals surface area contributed by atoms with Crippen molar-refractivity contribution in [3.05, 3.63) is 51.8 Å². The quantitative estimate of drug-likeness (QED) is 0.936. The van der Waals surface area contributed by atoms with Crippen molar-refractivity contribution in [2.24, 2.45) is 12.8 Å². The van der Waals surface area contributed by atoms with E-state index in [0.717, 1.165) is 42.3 Å². The lowest BCUT2D eigenvalue weighted by Gasteiger charge is -2.24. The molecule has 0 spiro atoms. The van der Waals surface area contributed by atoms with E-state index in [9.17, 15) is 4.79 Å². The number of carbonyl (C=O) groups excluding carboxylic acids is 1. The molecular formula is C17H21ClN4O. The zero-order valence-corrected chi connectivity index (χ0v) is 14.2. The Kier molecular flexibility index (Phi) is 4.41. The molecule has 1 amide bonds. The van der Waals surface area contributed by atoms with E-state index in [1.165, 1.54) is 5.56 Å². The number of nitrogens with zero attached hydrogens (tertiary/aromatic N) is 3. The Balaban J connectivity index is 1.80. The van der Waals surface area contributed by atoms with Crippen LogP contribution < -0.4 is 5.73 Å². The first-order valence-electron chi connectivity index (χ1n) is 7.79. The summed E-state index contributed by atoms with van der Waals surface area (Å²) >= 11 is 6.44. The fourth-order valence-corrected chi connectivity index (χ4v) is 3.68. The van der Waals surface area contributed by atoms with Gasteiger partial charge in [-0.2, -0.15) is 5.10 Å². The van der Waals surface area contributed by atoms with Gasteiger partial charge in [0.15, 0.2) is 0 Å². The lowest BCUT2D eigenvalue weighted by atomic mass is 10.0. The van der Waals surface area contributed by atoms with Gasteiger partial charge in [0, 0.05) is 30.8 Å². The van der Waals surface area contributed by atoms with Crippen LogP contribution in [0.15, 0.2) is 24.3 Å². The number of carbonyl (C=O) groups is 1. The molecule has 5 nitrogen and oxygen atoms in total. The van der Waals surface area contributed by atoms with Gasteiger partial charge in [0.25, 0.3) is 0 Å². The zero-order chi connectivity index (χ0) is 16.6. The minimum Gasteiger partial charge on any atom is -0.366 e. The molecule has 1 aliphatic rings. The van der Waals surface area contributed by atoms with Crippen molar-refractivity contribution < 1.29 is 4.79 Å². The van der Waals surface area contributed by atoms with Crippen LogP contribution in [-0.2, 0) is 13.6 Å². The predicted molar refractivity (Wildman–Crippen MR) is 90.3 cm³/mol. The molecule has 0 bridgehead atoms. The second-order valence-electron chi connectivity index (χ2n) is 6.10. The Morgan fingerprint density at radius 2 is 2.09 bits per heavy atom. The second-order valence-corrected chi connectivity index (χ2v) is 6.46. The number of nitrogens with two attached hydrogens (primary N) is 1. The molecule has 6 heteroatoms. The Hall–Kier alpha value is -1.85. The molecule has 23 heavy (non-hydrogen) atoms. The number of rotatable bonds is 4. The van der Waals surface area contributed by atoms with Crippen molar-refractivity contribution in [1.82, 2.24) is 14.7 Å². The second kappa shape index (κ2) is 6.34. The molecular weight excluding hydrogens is 312 g/mol. The standard InChI is InChI=1S/C17H21ClN4O/c1-11-15(16(18)21(2)20-11)14-4-3-9-22(14)10-12-5-7-13(8-6-12)17(19)23/h5-8,14H,3-4,9-10H2,1-2H3,(H2,19,23)/t14-/m0/s1.